The van der Waals surface area contributed by atoms with E-state index in [2.05, 4.69) is 0 Å². The summed E-state index contributed by atoms with van der Waals surface area (Å²) in [6, 6.07) is 0. The molecule has 0 aromatic heterocycles. The molecule has 0 saturated carbocycles. The average molecular weight is 276 g/mol. The molecule has 0 unspecified atom stereocenters. The highest BCUT2D eigenvalue weighted by Crippen LogP contribution is 2.42. The van der Waals surface area contributed by atoms with E-state index in [1.54, 1.807) is 6.08 Å². The predicted molar refractivity (Wildman–Crippen MR) is 67.6 cm³/mol. The molecule has 1 aliphatic heterocycles. The third-order valence-electron chi connectivity index (χ3n) is 4.46. The van der Waals surface area contributed by atoms with Crippen LogP contribution in [0.1, 0.15) is 47.0 Å². The van der Waals surface area contributed by atoms with Crippen LogP contribution in [0, 0.1) is 5.92 Å². The van der Waals surface area contributed by atoms with Crippen molar-refractivity contribution in [1.29, 1.82) is 0 Å². The van der Waals surface area contributed by atoms with Crippen LogP contribution >= 0.6 is 0 Å². The number of rotatable bonds is 1. The first kappa shape index (κ1) is 14.9. The molecule has 0 spiro atoms. The Morgan fingerprint density at radius 3 is 2.05 bits per heavy atom. The molecule has 108 valence electrons. The number of hydrogen-bond donors (Lipinski definition) is 0. The van der Waals surface area contributed by atoms with Crippen molar-refractivity contribution in [3.05, 3.63) is 11.5 Å². The second-order valence-electron chi connectivity index (χ2n) is 6.38. The number of hydrogen-bond acceptors (Lipinski definition) is 2. The molecule has 0 aromatic rings. The molecule has 0 radical (unpaired) electrons. The van der Waals surface area contributed by atoms with Crippen molar-refractivity contribution in [2.45, 2.75) is 64.3 Å². The van der Waals surface area contributed by atoms with Gasteiger partial charge in [-0.05, 0) is 52.4 Å². The highest BCUT2D eigenvalue weighted by molar-refractivity contribution is 6.54. The SMILES string of the molecule is CC1(C)OB(C2=CC[C@@H](C(F)(F)F)CC2)OC1(C)C. The maximum absolute atomic E-state index is 12.6. The van der Waals surface area contributed by atoms with Gasteiger partial charge in [-0.25, -0.2) is 0 Å². The molecule has 0 bridgehead atoms. The van der Waals surface area contributed by atoms with E-state index in [0.717, 1.165) is 5.47 Å². The summed E-state index contributed by atoms with van der Waals surface area (Å²) in [4.78, 5) is 0. The van der Waals surface area contributed by atoms with Crippen molar-refractivity contribution in [2.75, 3.05) is 0 Å². The highest BCUT2D eigenvalue weighted by atomic mass is 19.4. The largest absolute Gasteiger partial charge is 0.490 e. The number of allylic oxidation sites excluding steroid dienone is 2. The lowest BCUT2D eigenvalue weighted by atomic mass is 9.70. The van der Waals surface area contributed by atoms with Crippen molar-refractivity contribution in [1.82, 2.24) is 0 Å². The van der Waals surface area contributed by atoms with Crippen LogP contribution < -0.4 is 0 Å². The summed E-state index contributed by atoms with van der Waals surface area (Å²) in [7, 11) is -0.501. The van der Waals surface area contributed by atoms with E-state index in [1.807, 2.05) is 27.7 Å². The standard InChI is InChI=1S/C13H20BF3O2/c1-11(2)12(3,4)19-14(18-11)10-7-5-9(6-8-10)13(15,16)17/h7,9H,5-6,8H2,1-4H3/t9-/m1/s1. The lowest BCUT2D eigenvalue weighted by Crippen LogP contribution is -2.41. The predicted octanol–water partition coefficient (Wildman–Crippen LogP) is 3.91. The molecule has 1 aliphatic carbocycles. The second-order valence-corrected chi connectivity index (χ2v) is 6.38. The summed E-state index contributed by atoms with van der Waals surface area (Å²) in [5.74, 6) is -1.22. The fourth-order valence-electron chi connectivity index (χ4n) is 2.36. The Bertz CT molecular complexity index is 372. The van der Waals surface area contributed by atoms with E-state index in [4.69, 9.17) is 9.31 Å². The fraction of sp³-hybridized carbons (Fsp3) is 0.846. The van der Waals surface area contributed by atoms with E-state index in [-0.39, 0.29) is 12.8 Å². The maximum Gasteiger partial charge on any atom is 0.490 e. The van der Waals surface area contributed by atoms with E-state index in [0.29, 0.717) is 6.42 Å². The van der Waals surface area contributed by atoms with Gasteiger partial charge in [0, 0.05) is 0 Å². The highest BCUT2D eigenvalue weighted by Gasteiger charge is 2.53. The van der Waals surface area contributed by atoms with Crippen LogP contribution in [0.2, 0.25) is 0 Å². The van der Waals surface area contributed by atoms with Crippen LogP contribution in [0.5, 0.6) is 0 Å². The molecule has 1 atom stereocenters. The molecule has 2 aliphatic rings. The molecule has 6 heteroatoms. The first-order valence-electron chi connectivity index (χ1n) is 6.64. The van der Waals surface area contributed by atoms with E-state index < -0.39 is 30.4 Å². The Morgan fingerprint density at radius 2 is 1.68 bits per heavy atom. The zero-order valence-electron chi connectivity index (χ0n) is 11.8. The first-order valence-corrected chi connectivity index (χ1v) is 6.64. The van der Waals surface area contributed by atoms with Gasteiger partial charge in [0.15, 0.2) is 0 Å². The summed E-state index contributed by atoms with van der Waals surface area (Å²) in [6.07, 6.45) is -1.91. The lowest BCUT2D eigenvalue weighted by molar-refractivity contribution is -0.176. The van der Waals surface area contributed by atoms with Gasteiger partial charge in [-0.15, -0.1) is 0 Å². The smallest absolute Gasteiger partial charge is 0.400 e. The molecule has 0 amide bonds. The first-order chi connectivity index (χ1) is 8.53. The summed E-state index contributed by atoms with van der Waals surface area (Å²) in [6.45, 7) is 7.76. The molecule has 2 rings (SSSR count). The van der Waals surface area contributed by atoms with Crippen LogP contribution in [0.25, 0.3) is 0 Å². The Morgan fingerprint density at radius 1 is 1.16 bits per heavy atom. The van der Waals surface area contributed by atoms with E-state index in [9.17, 15) is 13.2 Å². The van der Waals surface area contributed by atoms with E-state index >= 15 is 0 Å². The molecular weight excluding hydrogens is 256 g/mol. The maximum atomic E-state index is 12.6. The van der Waals surface area contributed by atoms with Gasteiger partial charge in [-0.3, -0.25) is 0 Å². The topological polar surface area (TPSA) is 18.5 Å². The lowest BCUT2D eigenvalue weighted by Gasteiger charge is -2.32. The quantitative estimate of drug-likeness (QED) is 0.676. The average Bonchev–Trinajstić information content (AvgIpc) is 2.47. The van der Waals surface area contributed by atoms with Gasteiger partial charge in [0.1, 0.15) is 0 Å². The van der Waals surface area contributed by atoms with Gasteiger partial charge in [0.25, 0.3) is 0 Å². The normalized spacial score (nSPS) is 30.4. The molecule has 0 N–H and O–H groups in total. The number of alkyl halides is 3. The zero-order valence-corrected chi connectivity index (χ0v) is 11.8. The van der Waals surface area contributed by atoms with Gasteiger partial charge < -0.3 is 9.31 Å². The second kappa shape index (κ2) is 4.52. The minimum absolute atomic E-state index is 0.0307. The molecule has 1 fully saturated rings. The molecule has 2 nitrogen and oxygen atoms in total. The molecule has 1 heterocycles. The summed E-state index contributed by atoms with van der Waals surface area (Å²) >= 11 is 0. The third kappa shape index (κ3) is 2.84. The molecule has 0 aromatic carbocycles. The van der Waals surface area contributed by atoms with Gasteiger partial charge >= 0.3 is 13.3 Å². The van der Waals surface area contributed by atoms with E-state index in [1.165, 1.54) is 0 Å². The summed E-state index contributed by atoms with van der Waals surface area (Å²) in [5, 5.41) is 0. The Hall–Kier alpha value is -0.485. The van der Waals surface area contributed by atoms with Crippen molar-refractivity contribution >= 4 is 7.12 Å². The van der Waals surface area contributed by atoms with Gasteiger partial charge in [-0.1, -0.05) is 6.08 Å². The van der Waals surface area contributed by atoms with Crippen LogP contribution in [-0.4, -0.2) is 24.5 Å². The van der Waals surface area contributed by atoms with Gasteiger partial charge in [0.05, 0.1) is 17.1 Å². The summed E-state index contributed by atoms with van der Waals surface area (Å²) < 4.78 is 49.5. The fourth-order valence-corrected chi connectivity index (χ4v) is 2.36. The minimum atomic E-state index is -4.10. The third-order valence-corrected chi connectivity index (χ3v) is 4.46. The van der Waals surface area contributed by atoms with Crippen LogP contribution in [0.4, 0.5) is 13.2 Å². The van der Waals surface area contributed by atoms with Crippen LogP contribution in [0.15, 0.2) is 11.5 Å². The Labute approximate surface area is 112 Å². The number of halogens is 3. The summed E-state index contributed by atoms with van der Waals surface area (Å²) in [5.41, 5.74) is -0.0437. The van der Waals surface area contributed by atoms with Gasteiger partial charge in [-0.2, -0.15) is 13.2 Å². The molecular formula is C13H20BF3O2. The van der Waals surface area contributed by atoms with Crippen molar-refractivity contribution in [3.63, 3.8) is 0 Å². The molecule has 19 heavy (non-hydrogen) atoms. The molecule has 1 saturated heterocycles. The monoisotopic (exact) mass is 276 g/mol. The van der Waals surface area contributed by atoms with Crippen molar-refractivity contribution in [2.24, 2.45) is 5.92 Å². The Kier molecular flexibility index (Phi) is 3.55. The van der Waals surface area contributed by atoms with Crippen molar-refractivity contribution < 1.29 is 22.5 Å². The Balaban J connectivity index is 2.05. The zero-order chi connectivity index (χ0) is 14.5. The minimum Gasteiger partial charge on any atom is -0.400 e. The van der Waals surface area contributed by atoms with Crippen LogP contribution in [-0.2, 0) is 9.31 Å². The van der Waals surface area contributed by atoms with Crippen molar-refractivity contribution in [3.8, 4) is 0 Å². The van der Waals surface area contributed by atoms with Gasteiger partial charge in [0.2, 0.25) is 0 Å². The van der Waals surface area contributed by atoms with Crippen LogP contribution in [0.3, 0.4) is 0 Å².